The van der Waals surface area contributed by atoms with Crippen molar-refractivity contribution in [2.75, 3.05) is 24.6 Å². The third-order valence-corrected chi connectivity index (χ3v) is 9.86. The molecule has 6 bridgehead atoms. The minimum atomic E-state index is -1.22. The largest absolute Gasteiger partial charge is 0.490 e. The predicted molar refractivity (Wildman–Crippen MR) is 189 cm³/mol. The lowest BCUT2D eigenvalue weighted by molar-refractivity contribution is -0.160. The van der Waals surface area contributed by atoms with E-state index >= 15 is 0 Å². The Morgan fingerprint density at radius 1 is 1.06 bits per heavy atom. The second kappa shape index (κ2) is 13.2. The summed E-state index contributed by atoms with van der Waals surface area (Å²) in [5.41, 5.74) is 5.75. The number of carbonyl (C=O) groups is 1. The number of aromatic nitrogens is 3. The molecule has 0 radical (unpaired) electrons. The fourth-order valence-electron chi connectivity index (χ4n) is 6.88. The third-order valence-electron chi connectivity index (χ3n) is 9.86. The summed E-state index contributed by atoms with van der Waals surface area (Å²) in [4.78, 5) is 20.0. The van der Waals surface area contributed by atoms with Crippen molar-refractivity contribution in [3.05, 3.63) is 65.4 Å². The minimum absolute atomic E-state index is 0.0383. The van der Waals surface area contributed by atoms with Gasteiger partial charge >= 0.3 is 5.97 Å². The molecule has 256 valence electrons. The van der Waals surface area contributed by atoms with Gasteiger partial charge in [0.1, 0.15) is 11.6 Å². The van der Waals surface area contributed by atoms with E-state index in [1.807, 2.05) is 44.3 Å². The number of ether oxygens (including phenoxy) is 3. The van der Waals surface area contributed by atoms with Crippen LogP contribution in [0.4, 0.5) is 5.82 Å². The Labute approximate surface area is 284 Å². The van der Waals surface area contributed by atoms with E-state index in [2.05, 4.69) is 69.0 Å². The monoisotopic (exact) mass is 654 g/mol. The molecule has 3 aliphatic heterocycles. The molecule has 9 heteroatoms. The first-order valence-corrected chi connectivity index (χ1v) is 17.3. The number of benzene rings is 2. The smallest absolute Gasteiger partial charge is 0.337 e. The van der Waals surface area contributed by atoms with Gasteiger partial charge in [0.05, 0.1) is 28.6 Å². The number of anilines is 1. The highest BCUT2D eigenvalue weighted by Gasteiger charge is 2.38. The van der Waals surface area contributed by atoms with Crippen molar-refractivity contribution in [3.63, 3.8) is 0 Å². The van der Waals surface area contributed by atoms with Gasteiger partial charge in [0.2, 0.25) is 0 Å². The van der Waals surface area contributed by atoms with Crippen molar-refractivity contribution in [1.82, 2.24) is 14.6 Å². The van der Waals surface area contributed by atoms with Gasteiger partial charge in [-0.3, -0.25) is 0 Å². The first-order chi connectivity index (χ1) is 22.7. The van der Waals surface area contributed by atoms with Crippen LogP contribution in [-0.4, -0.2) is 62.7 Å². The van der Waals surface area contributed by atoms with E-state index in [0.29, 0.717) is 48.3 Å². The topological polar surface area (TPSA) is 98.4 Å². The van der Waals surface area contributed by atoms with Crippen LogP contribution in [0.2, 0.25) is 0 Å². The number of piperidine rings is 1. The minimum Gasteiger partial charge on any atom is -0.490 e. The molecule has 1 fully saturated rings. The lowest BCUT2D eigenvalue weighted by Crippen LogP contribution is -2.46. The molecule has 1 N–H and O–H groups in total. The van der Waals surface area contributed by atoms with E-state index in [9.17, 15) is 9.90 Å². The van der Waals surface area contributed by atoms with Crippen molar-refractivity contribution >= 4 is 17.4 Å². The highest BCUT2D eigenvalue weighted by atomic mass is 16.5. The molecule has 3 unspecified atom stereocenters. The molecule has 2 aromatic carbocycles. The molecule has 0 saturated carbocycles. The SMILES string of the molecule is Cc1ccc2c(c1)-c1cccc(c1)-c1cc3nc(C)c(C(OC(C)(C)C)C(=O)O)c(n3n1)N1CCC(C)(CC1)OCCCC(C)C(C)O2. The van der Waals surface area contributed by atoms with Crippen LogP contribution in [0.5, 0.6) is 5.75 Å². The summed E-state index contributed by atoms with van der Waals surface area (Å²) in [5.74, 6) is 0.871. The molecule has 5 heterocycles. The van der Waals surface area contributed by atoms with Crippen LogP contribution in [0.3, 0.4) is 0 Å². The second-order valence-corrected chi connectivity index (χ2v) is 15.0. The quantitative estimate of drug-likeness (QED) is 0.236. The fraction of sp³-hybridized carbons (Fsp3) is 0.513. The highest BCUT2D eigenvalue weighted by Crippen LogP contribution is 2.40. The lowest BCUT2D eigenvalue weighted by atomic mass is 9.92. The standard InChI is InChI=1S/C39H50N4O5/c1-24-14-15-32-30(21-24)28-12-9-13-29(22-28)31-23-33-40-26(3)34(35(37(44)45)48-38(5,6)7)36(43(33)41-31)42-18-16-39(8,17-19-42)46-20-10-11-25(2)27(4)47-32/h9,12-15,21-23,25,27,35H,10-11,16-20H2,1-8H3,(H,44,45). The van der Waals surface area contributed by atoms with Crippen molar-refractivity contribution in [2.45, 2.75) is 104 Å². The zero-order valence-corrected chi connectivity index (χ0v) is 29.7. The van der Waals surface area contributed by atoms with Crippen LogP contribution in [-0.2, 0) is 14.3 Å². The van der Waals surface area contributed by atoms with Crippen molar-refractivity contribution in [3.8, 4) is 28.1 Å². The van der Waals surface area contributed by atoms with Crippen molar-refractivity contribution in [2.24, 2.45) is 5.92 Å². The molecule has 48 heavy (non-hydrogen) atoms. The second-order valence-electron chi connectivity index (χ2n) is 15.0. The van der Waals surface area contributed by atoms with Gasteiger partial charge in [0.25, 0.3) is 0 Å². The summed E-state index contributed by atoms with van der Waals surface area (Å²) in [6, 6.07) is 16.7. The molecule has 0 spiro atoms. The Bertz CT molecular complexity index is 1800. The molecule has 1 saturated heterocycles. The average molecular weight is 655 g/mol. The first-order valence-electron chi connectivity index (χ1n) is 17.3. The van der Waals surface area contributed by atoms with E-state index in [4.69, 9.17) is 24.3 Å². The summed E-state index contributed by atoms with van der Waals surface area (Å²) < 4.78 is 21.3. The van der Waals surface area contributed by atoms with E-state index in [1.165, 1.54) is 0 Å². The van der Waals surface area contributed by atoms with Crippen molar-refractivity contribution < 1.29 is 24.1 Å². The average Bonchev–Trinajstić information content (AvgIpc) is 3.45. The van der Waals surface area contributed by atoms with Gasteiger partial charge in [0.15, 0.2) is 11.8 Å². The van der Waals surface area contributed by atoms with Crippen LogP contribution < -0.4 is 9.64 Å². The predicted octanol–water partition coefficient (Wildman–Crippen LogP) is 8.19. The number of aliphatic carboxylic acids is 1. The molecular weight excluding hydrogens is 604 g/mol. The molecule has 7 rings (SSSR count). The van der Waals surface area contributed by atoms with Gasteiger partial charge < -0.3 is 24.2 Å². The summed E-state index contributed by atoms with van der Waals surface area (Å²) >= 11 is 0. The maximum atomic E-state index is 12.8. The number of aryl methyl sites for hydroxylation is 2. The van der Waals surface area contributed by atoms with Crippen LogP contribution in [0.25, 0.3) is 28.0 Å². The van der Waals surface area contributed by atoms with Gasteiger partial charge in [-0.2, -0.15) is 9.61 Å². The molecule has 3 atom stereocenters. The van der Waals surface area contributed by atoms with E-state index in [0.717, 1.165) is 59.4 Å². The Hall–Kier alpha value is -3.95. The van der Waals surface area contributed by atoms with E-state index in [1.54, 1.807) is 0 Å². The van der Waals surface area contributed by atoms with Crippen LogP contribution in [0.1, 0.15) is 90.2 Å². The molecule has 0 aliphatic carbocycles. The van der Waals surface area contributed by atoms with Gasteiger partial charge in [-0.1, -0.05) is 36.8 Å². The molecule has 4 aromatic rings. The van der Waals surface area contributed by atoms with E-state index < -0.39 is 17.7 Å². The highest BCUT2D eigenvalue weighted by molar-refractivity contribution is 5.80. The number of nitrogens with zero attached hydrogens (tertiary/aromatic N) is 4. The lowest BCUT2D eigenvalue weighted by Gasteiger charge is -2.41. The van der Waals surface area contributed by atoms with Gasteiger partial charge in [-0.25, -0.2) is 9.78 Å². The Morgan fingerprint density at radius 2 is 1.79 bits per heavy atom. The fourth-order valence-corrected chi connectivity index (χ4v) is 6.88. The van der Waals surface area contributed by atoms with Gasteiger partial charge in [-0.15, -0.1) is 0 Å². The number of carboxylic acids is 1. The van der Waals surface area contributed by atoms with Crippen molar-refractivity contribution in [1.29, 1.82) is 0 Å². The molecule has 3 aliphatic rings. The zero-order chi connectivity index (χ0) is 34.4. The molecule has 2 aromatic heterocycles. The van der Waals surface area contributed by atoms with Crippen LogP contribution in [0.15, 0.2) is 48.5 Å². The van der Waals surface area contributed by atoms with Gasteiger partial charge in [-0.05, 0) is 104 Å². The molecule has 0 amide bonds. The van der Waals surface area contributed by atoms with E-state index in [-0.39, 0.29) is 11.7 Å². The van der Waals surface area contributed by atoms with Crippen LogP contribution in [0, 0.1) is 19.8 Å². The number of fused-ring (bicyclic) bond motifs is 8. The first kappa shape index (κ1) is 33.9. The van der Waals surface area contributed by atoms with Gasteiger partial charge in [0, 0.05) is 42.6 Å². The Kier molecular flexibility index (Phi) is 9.30. The zero-order valence-electron chi connectivity index (χ0n) is 29.7. The Morgan fingerprint density at radius 3 is 2.50 bits per heavy atom. The Balaban J connectivity index is 1.54. The maximum Gasteiger partial charge on any atom is 0.337 e. The molecular formula is C39H50N4O5. The summed E-state index contributed by atoms with van der Waals surface area (Å²) in [5, 5.41) is 15.6. The maximum absolute atomic E-state index is 12.8. The number of hydrogen-bond donors (Lipinski definition) is 1. The summed E-state index contributed by atoms with van der Waals surface area (Å²) in [6.07, 6.45) is 2.38. The number of hydrogen-bond acceptors (Lipinski definition) is 7. The number of carboxylic acid groups (broad SMARTS) is 1. The van der Waals surface area contributed by atoms with Crippen LogP contribution >= 0.6 is 0 Å². The number of rotatable bonds is 3. The normalized spacial score (nSPS) is 22.7. The summed E-state index contributed by atoms with van der Waals surface area (Å²) in [6.45, 7) is 18.2. The third kappa shape index (κ3) is 7.08. The summed E-state index contributed by atoms with van der Waals surface area (Å²) in [7, 11) is 0. The molecule has 9 nitrogen and oxygen atoms in total.